The summed E-state index contributed by atoms with van der Waals surface area (Å²) in [4.78, 5) is 7.25. The molecule has 1 fully saturated rings. The third-order valence-electron chi connectivity index (χ3n) is 4.20. The number of aryl methyl sites for hydroxylation is 1. The van der Waals surface area contributed by atoms with E-state index in [2.05, 4.69) is 15.5 Å². The van der Waals surface area contributed by atoms with E-state index in [4.69, 9.17) is 28.2 Å². The summed E-state index contributed by atoms with van der Waals surface area (Å²) in [7, 11) is 0. The summed E-state index contributed by atoms with van der Waals surface area (Å²) in [5.41, 5.74) is 2.14. The number of halogens is 2. The molecule has 21 heavy (non-hydrogen) atoms. The maximum absolute atomic E-state index is 6.07. The molecule has 1 aliphatic rings. The summed E-state index contributed by atoms with van der Waals surface area (Å²) in [5.74, 6) is 1.67. The van der Waals surface area contributed by atoms with Crippen molar-refractivity contribution < 1.29 is 0 Å². The van der Waals surface area contributed by atoms with Gasteiger partial charge in [0.15, 0.2) is 0 Å². The van der Waals surface area contributed by atoms with E-state index in [0.717, 1.165) is 41.4 Å². The minimum atomic E-state index is 0.598. The van der Waals surface area contributed by atoms with Crippen LogP contribution < -0.4 is 0 Å². The first-order valence-electron chi connectivity index (χ1n) is 7.71. The van der Waals surface area contributed by atoms with Gasteiger partial charge in [-0.1, -0.05) is 18.0 Å². The van der Waals surface area contributed by atoms with Gasteiger partial charge in [-0.25, -0.2) is 4.98 Å². The highest BCUT2D eigenvalue weighted by Crippen LogP contribution is 2.21. The molecule has 1 aromatic carbocycles. The largest absolute Gasteiger partial charge is 0.327 e. The molecule has 1 aromatic heterocycles. The fourth-order valence-electron chi connectivity index (χ4n) is 3.10. The third kappa shape index (κ3) is 3.53. The lowest BCUT2D eigenvalue weighted by atomic mass is 10.1. The van der Waals surface area contributed by atoms with Crippen molar-refractivity contribution in [1.29, 1.82) is 0 Å². The molecule has 0 amide bonds. The van der Waals surface area contributed by atoms with Crippen molar-refractivity contribution in [3.63, 3.8) is 0 Å². The van der Waals surface area contributed by atoms with Crippen LogP contribution in [0, 0.1) is 0 Å². The van der Waals surface area contributed by atoms with E-state index in [1.807, 2.05) is 12.1 Å². The Kier molecular flexibility index (Phi) is 5.04. The molecular formula is C16H21Cl2N3. The van der Waals surface area contributed by atoms with E-state index in [-0.39, 0.29) is 0 Å². The van der Waals surface area contributed by atoms with Gasteiger partial charge in [0.05, 0.1) is 11.0 Å². The number of imidazole rings is 1. The van der Waals surface area contributed by atoms with Crippen LogP contribution in [0.5, 0.6) is 0 Å². The average molecular weight is 326 g/mol. The number of nitrogens with zero attached hydrogens (tertiary/aromatic N) is 3. The van der Waals surface area contributed by atoms with Gasteiger partial charge in [-0.05, 0) is 44.1 Å². The quantitative estimate of drug-likeness (QED) is 0.776. The number of benzene rings is 1. The zero-order valence-corrected chi connectivity index (χ0v) is 13.7. The topological polar surface area (TPSA) is 21.1 Å². The van der Waals surface area contributed by atoms with Gasteiger partial charge in [-0.3, -0.25) is 0 Å². The second-order valence-electron chi connectivity index (χ2n) is 5.65. The summed E-state index contributed by atoms with van der Waals surface area (Å²) < 4.78 is 2.31. The van der Waals surface area contributed by atoms with Crippen LogP contribution in [0.2, 0.25) is 5.02 Å². The van der Waals surface area contributed by atoms with Crippen LogP contribution in [0.1, 0.15) is 25.1 Å². The number of hydrogen-bond donors (Lipinski definition) is 0. The van der Waals surface area contributed by atoms with Gasteiger partial charge in [0, 0.05) is 30.4 Å². The second kappa shape index (κ2) is 6.99. The van der Waals surface area contributed by atoms with Gasteiger partial charge < -0.3 is 9.47 Å². The number of rotatable bonds is 5. The second-order valence-corrected chi connectivity index (χ2v) is 6.47. The summed E-state index contributed by atoms with van der Waals surface area (Å²) in [6.07, 6.45) is 4.83. The lowest BCUT2D eigenvalue weighted by molar-refractivity contribution is 0.221. The molecule has 0 aliphatic carbocycles. The van der Waals surface area contributed by atoms with E-state index in [1.54, 1.807) is 0 Å². The van der Waals surface area contributed by atoms with Crippen molar-refractivity contribution in [3.05, 3.63) is 29.0 Å². The number of likely N-dealkylation sites (tertiary alicyclic amines) is 1. The molecule has 0 bridgehead atoms. The Balaban J connectivity index is 1.82. The van der Waals surface area contributed by atoms with Crippen molar-refractivity contribution in [2.24, 2.45) is 0 Å². The average Bonchev–Trinajstić information content (AvgIpc) is 2.83. The van der Waals surface area contributed by atoms with E-state index >= 15 is 0 Å². The molecule has 0 unspecified atom stereocenters. The smallest absolute Gasteiger partial charge is 0.111 e. The fraction of sp³-hybridized carbons (Fsp3) is 0.562. The maximum atomic E-state index is 6.07. The maximum Gasteiger partial charge on any atom is 0.111 e. The summed E-state index contributed by atoms with van der Waals surface area (Å²) in [6, 6.07) is 5.94. The van der Waals surface area contributed by atoms with Crippen molar-refractivity contribution in [3.8, 4) is 0 Å². The molecule has 1 aliphatic heterocycles. The van der Waals surface area contributed by atoms with Gasteiger partial charge in [-0.15, -0.1) is 11.6 Å². The van der Waals surface area contributed by atoms with Gasteiger partial charge in [0.2, 0.25) is 0 Å². The van der Waals surface area contributed by atoms with E-state index in [1.165, 1.54) is 32.4 Å². The number of piperidine rings is 1. The molecule has 114 valence electrons. The highest BCUT2D eigenvalue weighted by atomic mass is 35.5. The predicted molar refractivity (Wildman–Crippen MR) is 89.5 cm³/mol. The SMILES string of the molecule is ClCCc1nc2cc(Cl)ccc2n1CCN1CCCCC1. The van der Waals surface area contributed by atoms with Crippen molar-refractivity contribution in [2.75, 3.05) is 25.5 Å². The Hall–Kier alpha value is -0.770. The van der Waals surface area contributed by atoms with Crippen LogP contribution in [-0.2, 0) is 13.0 Å². The number of alkyl halides is 1. The molecular weight excluding hydrogens is 305 g/mol. The molecule has 1 saturated heterocycles. The van der Waals surface area contributed by atoms with Crippen LogP contribution in [0.3, 0.4) is 0 Å². The molecule has 2 heterocycles. The Bertz CT molecular complexity index is 603. The zero-order chi connectivity index (χ0) is 14.7. The lowest BCUT2D eigenvalue weighted by Crippen LogP contribution is -2.32. The van der Waals surface area contributed by atoms with Gasteiger partial charge >= 0.3 is 0 Å². The summed E-state index contributed by atoms with van der Waals surface area (Å²) >= 11 is 12.0. The first-order chi connectivity index (χ1) is 10.3. The predicted octanol–water partition coefficient (Wildman–Crippen LogP) is 3.96. The Morgan fingerprint density at radius 2 is 1.90 bits per heavy atom. The summed E-state index contributed by atoms with van der Waals surface area (Å²) in [5, 5.41) is 0.737. The lowest BCUT2D eigenvalue weighted by Gasteiger charge is -2.26. The molecule has 0 saturated carbocycles. The fourth-order valence-corrected chi connectivity index (χ4v) is 3.44. The molecule has 0 radical (unpaired) electrons. The zero-order valence-electron chi connectivity index (χ0n) is 12.2. The molecule has 5 heteroatoms. The Morgan fingerprint density at radius 3 is 2.67 bits per heavy atom. The normalized spacial score (nSPS) is 16.7. The summed E-state index contributed by atoms with van der Waals surface area (Å²) in [6.45, 7) is 4.51. The molecule has 3 nitrogen and oxygen atoms in total. The van der Waals surface area contributed by atoms with Crippen molar-refractivity contribution >= 4 is 34.2 Å². The Labute approximate surface area is 135 Å². The standard InChI is InChI=1S/C16H21Cl2N3/c17-7-6-16-19-14-12-13(18)4-5-15(14)21(16)11-10-20-8-2-1-3-9-20/h4-5,12H,1-3,6-11H2. The number of aromatic nitrogens is 2. The van der Waals surface area contributed by atoms with Crippen molar-refractivity contribution in [1.82, 2.24) is 14.5 Å². The van der Waals surface area contributed by atoms with Crippen molar-refractivity contribution in [2.45, 2.75) is 32.2 Å². The first-order valence-corrected chi connectivity index (χ1v) is 8.62. The number of hydrogen-bond acceptors (Lipinski definition) is 2. The molecule has 0 atom stereocenters. The first kappa shape index (κ1) is 15.1. The third-order valence-corrected chi connectivity index (χ3v) is 4.62. The van der Waals surface area contributed by atoms with Crippen LogP contribution >= 0.6 is 23.2 Å². The molecule has 0 N–H and O–H groups in total. The van der Waals surface area contributed by atoms with Crippen LogP contribution in [0.4, 0.5) is 0 Å². The molecule has 0 spiro atoms. The van der Waals surface area contributed by atoms with Crippen LogP contribution in [0.15, 0.2) is 18.2 Å². The minimum absolute atomic E-state index is 0.598. The van der Waals surface area contributed by atoms with E-state index in [0.29, 0.717) is 5.88 Å². The molecule has 2 aromatic rings. The van der Waals surface area contributed by atoms with Gasteiger partial charge in [0.25, 0.3) is 0 Å². The highest BCUT2D eigenvalue weighted by molar-refractivity contribution is 6.31. The van der Waals surface area contributed by atoms with Crippen LogP contribution in [0.25, 0.3) is 11.0 Å². The van der Waals surface area contributed by atoms with Gasteiger partial charge in [0.1, 0.15) is 5.82 Å². The van der Waals surface area contributed by atoms with Gasteiger partial charge in [-0.2, -0.15) is 0 Å². The minimum Gasteiger partial charge on any atom is -0.327 e. The highest BCUT2D eigenvalue weighted by Gasteiger charge is 2.14. The van der Waals surface area contributed by atoms with Crippen LogP contribution in [-0.4, -0.2) is 40.0 Å². The number of fused-ring (bicyclic) bond motifs is 1. The molecule has 3 rings (SSSR count). The monoisotopic (exact) mass is 325 g/mol. The van der Waals surface area contributed by atoms with E-state index < -0.39 is 0 Å². The Morgan fingerprint density at radius 1 is 1.10 bits per heavy atom. The van der Waals surface area contributed by atoms with E-state index in [9.17, 15) is 0 Å².